The number of hydrogen-bond acceptors (Lipinski definition) is 4. The van der Waals surface area contributed by atoms with Crippen LogP contribution in [-0.4, -0.2) is 54.3 Å². The van der Waals surface area contributed by atoms with Crippen LogP contribution in [-0.2, 0) is 16.0 Å². The van der Waals surface area contributed by atoms with Gasteiger partial charge in [0.05, 0.1) is 12.7 Å². The van der Waals surface area contributed by atoms with Gasteiger partial charge < -0.3 is 19.5 Å². The van der Waals surface area contributed by atoms with Crippen molar-refractivity contribution in [2.45, 2.75) is 26.4 Å². The SMILES string of the molecule is Cc1cc(C(=O)N2CCOC(Cc3ccccc3)C2)cc(C)c1OCC(=O)O. The number of aliphatic carboxylic acids is 1. The van der Waals surface area contributed by atoms with Gasteiger partial charge in [0, 0.05) is 25.1 Å². The van der Waals surface area contributed by atoms with Crippen LogP contribution in [0.3, 0.4) is 0 Å². The lowest BCUT2D eigenvalue weighted by atomic mass is 10.0. The van der Waals surface area contributed by atoms with Crippen molar-refractivity contribution in [2.75, 3.05) is 26.3 Å². The van der Waals surface area contributed by atoms with Crippen LogP contribution < -0.4 is 4.74 Å². The Morgan fingerprint density at radius 3 is 2.50 bits per heavy atom. The Kier molecular flexibility index (Phi) is 6.31. The summed E-state index contributed by atoms with van der Waals surface area (Å²) in [6, 6.07) is 13.6. The van der Waals surface area contributed by atoms with Gasteiger partial charge in [-0.1, -0.05) is 30.3 Å². The number of aryl methyl sites for hydroxylation is 2. The Hall–Kier alpha value is -2.86. The highest BCUT2D eigenvalue weighted by Gasteiger charge is 2.26. The molecule has 1 amide bonds. The maximum atomic E-state index is 13.0. The van der Waals surface area contributed by atoms with Crippen molar-refractivity contribution >= 4 is 11.9 Å². The van der Waals surface area contributed by atoms with Crippen LogP contribution in [0.1, 0.15) is 27.0 Å². The molecule has 0 aliphatic carbocycles. The van der Waals surface area contributed by atoms with Gasteiger partial charge >= 0.3 is 5.97 Å². The molecule has 1 fully saturated rings. The van der Waals surface area contributed by atoms with Gasteiger partial charge in [-0.25, -0.2) is 4.79 Å². The largest absolute Gasteiger partial charge is 0.481 e. The third-order valence-corrected chi connectivity index (χ3v) is 4.78. The van der Waals surface area contributed by atoms with Crippen LogP contribution in [0.2, 0.25) is 0 Å². The van der Waals surface area contributed by atoms with Crippen LogP contribution in [0.25, 0.3) is 0 Å². The predicted molar refractivity (Wildman–Crippen MR) is 105 cm³/mol. The molecule has 0 radical (unpaired) electrons. The van der Waals surface area contributed by atoms with Crippen molar-refractivity contribution in [2.24, 2.45) is 0 Å². The third kappa shape index (κ3) is 4.89. The molecular weight excluding hydrogens is 358 g/mol. The van der Waals surface area contributed by atoms with E-state index in [9.17, 15) is 9.59 Å². The summed E-state index contributed by atoms with van der Waals surface area (Å²) in [6.07, 6.45) is 0.741. The molecule has 6 nitrogen and oxygen atoms in total. The zero-order valence-corrected chi connectivity index (χ0v) is 16.2. The first-order valence-electron chi connectivity index (χ1n) is 9.34. The van der Waals surface area contributed by atoms with Gasteiger partial charge in [0.1, 0.15) is 5.75 Å². The maximum absolute atomic E-state index is 13.0. The molecule has 0 saturated carbocycles. The summed E-state index contributed by atoms with van der Waals surface area (Å²) in [5.74, 6) is -0.558. The normalized spacial score (nSPS) is 16.6. The van der Waals surface area contributed by atoms with Gasteiger partial charge in [0.2, 0.25) is 0 Å². The second-order valence-corrected chi connectivity index (χ2v) is 7.06. The molecule has 2 aromatic rings. The number of nitrogens with zero attached hydrogens (tertiary/aromatic N) is 1. The van der Waals surface area contributed by atoms with E-state index in [0.29, 0.717) is 31.0 Å². The summed E-state index contributed by atoms with van der Waals surface area (Å²) < 4.78 is 11.2. The number of morpholine rings is 1. The van der Waals surface area contributed by atoms with Crippen molar-refractivity contribution in [3.8, 4) is 5.75 Å². The van der Waals surface area contributed by atoms with Gasteiger partial charge in [-0.15, -0.1) is 0 Å². The molecule has 0 aromatic heterocycles. The van der Waals surface area contributed by atoms with Crippen molar-refractivity contribution < 1.29 is 24.2 Å². The highest BCUT2D eigenvalue weighted by Crippen LogP contribution is 2.26. The van der Waals surface area contributed by atoms with Crippen molar-refractivity contribution in [1.82, 2.24) is 4.90 Å². The second kappa shape index (κ2) is 8.89. The minimum absolute atomic E-state index is 0.0273. The van der Waals surface area contributed by atoms with E-state index in [1.54, 1.807) is 12.1 Å². The molecule has 28 heavy (non-hydrogen) atoms. The molecule has 148 valence electrons. The van der Waals surface area contributed by atoms with Crippen LogP contribution in [0.15, 0.2) is 42.5 Å². The van der Waals surface area contributed by atoms with Crippen molar-refractivity contribution in [3.63, 3.8) is 0 Å². The number of benzene rings is 2. The predicted octanol–water partition coefficient (Wildman–Crippen LogP) is 2.85. The minimum atomic E-state index is -1.03. The molecule has 1 unspecified atom stereocenters. The average Bonchev–Trinajstić information content (AvgIpc) is 2.67. The number of carboxylic acid groups (broad SMARTS) is 1. The second-order valence-electron chi connectivity index (χ2n) is 7.06. The lowest BCUT2D eigenvalue weighted by Gasteiger charge is -2.33. The molecule has 0 spiro atoms. The first-order valence-corrected chi connectivity index (χ1v) is 9.34. The fourth-order valence-corrected chi connectivity index (χ4v) is 3.52. The molecular formula is C22H25NO5. The molecule has 2 aromatic carbocycles. The molecule has 1 saturated heterocycles. The molecule has 3 rings (SSSR count). The summed E-state index contributed by atoms with van der Waals surface area (Å²) >= 11 is 0. The average molecular weight is 383 g/mol. The first kappa shape index (κ1) is 19.9. The number of carbonyl (C=O) groups is 2. The summed E-state index contributed by atoms with van der Waals surface area (Å²) in [5.41, 5.74) is 3.27. The molecule has 1 aliphatic heterocycles. The summed E-state index contributed by atoms with van der Waals surface area (Å²) in [4.78, 5) is 25.6. The number of carbonyl (C=O) groups excluding carboxylic acids is 1. The van der Waals surface area contributed by atoms with Gasteiger partial charge in [-0.3, -0.25) is 4.79 Å². The topological polar surface area (TPSA) is 76.1 Å². The fourth-order valence-electron chi connectivity index (χ4n) is 3.52. The number of ether oxygens (including phenoxy) is 2. The van der Waals surface area contributed by atoms with E-state index in [2.05, 4.69) is 12.1 Å². The lowest BCUT2D eigenvalue weighted by Crippen LogP contribution is -2.46. The van der Waals surface area contributed by atoms with Crippen LogP contribution >= 0.6 is 0 Å². The fraction of sp³-hybridized carbons (Fsp3) is 0.364. The van der Waals surface area contributed by atoms with Crippen molar-refractivity contribution in [3.05, 3.63) is 64.7 Å². The zero-order chi connectivity index (χ0) is 20.1. The van der Waals surface area contributed by atoms with E-state index in [-0.39, 0.29) is 12.0 Å². The van der Waals surface area contributed by atoms with Gasteiger partial charge in [-0.2, -0.15) is 0 Å². The lowest BCUT2D eigenvalue weighted by molar-refractivity contribution is -0.139. The van der Waals surface area contributed by atoms with Gasteiger partial charge in [-0.05, 0) is 42.7 Å². The van der Waals surface area contributed by atoms with E-state index >= 15 is 0 Å². The quantitative estimate of drug-likeness (QED) is 0.830. The Balaban J connectivity index is 1.69. The number of hydrogen-bond donors (Lipinski definition) is 1. The maximum Gasteiger partial charge on any atom is 0.341 e. The van der Waals surface area contributed by atoms with E-state index in [4.69, 9.17) is 14.6 Å². The van der Waals surface area contributed by atoms with E-state index < -0.39 is 12.6 Å². The van der Waals surface area contributed by atoms with E-state index in [1.807, 2.05) is 36.9 Å². The Morgan fingerprint density at radius 1 is 1.18 bits per heavy atom. The molecule has 0 bridgehead atoms. The van der Waals surface area contributed by atoms with Crippen LogP contribution in [0.5, 0.6) is 5.75 Å². The molecule has 1 N–H and O–H groups in total. The molecule has 1 atom stereocenters. The van der Waals surface area contributed by atoms with E-state index in [1.165, 1.54) is 5.56 Å². The summed E-state index contributed by atoms with van der Waals surface area (Å²) in [5, 5.41) is 8.80. The van der Waals surface area contributed by atoms with Gasteiger partial charge in [0.15, 0.2) is 6.61 Å². The first-order chi connectivity index (χ1) is 13.4. The summed E-state index contributed by atoms with van der Waals surface area (Å²) in [7, 11) is 0. The third-order valence-electron chi connectivity index (χ3n) is 4.78. The molecule has 1 heterocycles. The summed E-state index contributed by atoms with van der Waals surface area (Å²) in [6.45, 7) is 4.85. The Labute approximate surface area is 164 Å². The number of amides is 1. The molecule has 6 heteroatoms. The number of carboxylic acids is 1. The highest BCUT2D eigenvalue weighted by atomic mass is 16.5. The van der Waals surface area contributed by atoms with Crippen LogP contribution in [0.4, 0.5) is 0 Å². The van der Waals surface area contributed by atoms with Gasteiger partial charge in [0.25, 0.3) is 5.91 Å². The standard InChI is InChI=1S/C22H25NO5/c1-15-10-18(11-16(2)21(15)28-14-20(24)25)22(26)23-8-9-27-19(13-23)12-17-6-4-3-5-7-17/h3-7,10-11,19H,8-9,12-14H2,1-2H3,(H,24,25). The smallest absolute Gasteiger partial charge is 0.341 e. The van der Waals surface area contributed by atoms with Crippen molar-refractivity contribution in [1.29, 1.82) is 0 Å². The minimum Gasteiger partial charge on any atom is -0.481 e. The monoisotopic (exact) mass is 383 g/mol. The number of rotatable bonds is 6. The Morgan fingerprint density at radius 2 is 1.86 bits per heavy atom. The highest BCUT2D eigenvalue weighted by molar-refractivity contribution is 5.95. The Bertz CT molecular complexity index is 826. The van der Waals surface area contributed by atoms with E-state index in [0.717, 1.165) is 17.5 Å². The van der Waals surface area contributed by atoms with Crippen LogP contribution in [0, 0.1) is 13.8 Å². The zero-order valence-electron chi connectivity index (χ0n) is 16.2. The molecule has 1 aliphatic rings.